The Bertz CT molecular complexity index is 844. The van der Waals surface area contributed by atoms with E-state index in [1.54, 1.807) is 31.5 Å². The Hall–Kier alpha value is -3.28. The van der Waals surface area contributed by atoms with Crippen LogP contribution < -0.4 is 15.8 Å². The molecule has 0 aliphatic rings. The molecule has 6 nitrogen and oxygen atoms in total. The number of methoxy groups -OCH3 is 1. The van der Waals surface area contributed by atoms with E-state index >= 15 is 0 Å². The van der Waals surface area contributed by atoms with Gasteiger partial charge in [0, 0.05) is 17.4 Å². The van der Waals surface area contributed by atoms with Crippen molar-refractivity contribution in [2.45, 2.75) is 6.42 Å². The summed E-state index contributed by atoms with van der Waals surface area (Å²) in [5.74, 6) is 1.04. The summed E-state index contributed by atoms with van der Waals surface area (Å²) < 4.78 is 10.7. The quantitative estimate of drug-likeness (QED) is 0.704. The highest BCUT2D eigenvalue weighted by molar-refractivity contribution is 5.93. The average Bonchev–Trinajstić information content (AvgIpc) is 3.11. The third kappa shape index (κ3) is 3.38. The lowest BCUT2D eigenvalue weighted by Crippen LogP contribution is -2.15. The number of nitrogens with two attached hydrogens (primary N) is 1. The first-order valence-corrected chi connectivity index (χ1v) is 7.37. The number of para-hydroxylation sites is 1. The van der Waals surface area contributed by atoms with E-state index in [1.807, 2.05) is 24.3 Å². The van der Waals surface area contributed by atoms with Gasteiger partial charge in [-0.15, -0.1) is 0 Å². The minimum absolute atomic E-state index is 0.151. The van der Waals surface area contributed by atoms with Crippen molar-refractivity contribution in [3.05, 3.63) is 60.6 Å². The van der Waals surface area contributed by atoms with Crippen LogP contribution in [0.2, 0.25) is 0 Å². The second-order valence-electron chi connectivity index (χ2n) is 5.20. The van der Waals surface area contributed by atoms with Crippen LogP contribution in [0.1, 0.15) is 5.56 Å². The second kappa shape index (κ2) is 6.87. The zero-order valence-corrected chi connectivity index (χ0v) is 13.2. The van der Waals surface area contributed by atoms with Crippen LogP contribution in [0.3, 0.4) is 0 Å². The number of ether oxygens (including phenoxy) is 1. The minimum Gasteiger partial charge on any atom is -0.496 e. The molecule has 0 aliphatic carbocycles. The van der Waals surface area contributed by atoms with Gasteiger partial charge in [0.25, 0.3) is 0 Å². The van der Waals surface area contributed by atoms with Gasteiger partial charge in [0.1, 0.15) is 5.75 Å². The van der Waals surface area contributed by atoms with Crippen LogP contribution in [0.4, 0.5) is 11.4 Å². The van der Waals surface area contributed by atoms with Gasteiger partial charge in [0.2, 0.25) is 5.91 Å². The molecule has 0 saturated heterocycles. The number of nitrogens with zero attached hydrogens (tertiary/aromatic N) is 1. The number of carbonyl (C=O) groups excluding carboxylic acids is 1. The number of hydrogen-bond acceptors (Lipinski definition) is 5. The van der Waals surface area contributed by atoms with Crippen LogP contribution in [-0.4, -0.2) is 18.0 Å². The van der Waals surface area contributed by atoms with Crippen molar-refractivity contribution < 1.29 is 13.9 Å². The zero-order valence-electron chi connectivity index (χ0n) is 13.2. The summed E-state index contributed by atoms with van der Waals surface area (Å²) in [6.07, 6.45) is 3.17. The molecule has 3 rings (SSSR count). The molecule has 0 atom stereocenters. The summed E-state index contributed by atoms with van der Waals surface area (Å²) in [7, 11) is 1.56. The summed E-state index contributed by atoms with van der Waals surface area (Å²) in [6.45, 7) is 0. The van der Waals surface area contributed by atoms with Gasteiger partial charge in [-0.05, 0) is 23.8 Å². The number of rotatable bonds is 5. The number of amides is 1. The lowest BCUT2D eigenvalue weighted by atomic mass is 10.1. The molecule has 3 N–H and O–H groups in total. The Balaban J connectivity index is 1.76. The standard InChI is InChI=1S/C18H17N3O3/c1-23-16-9-13(6-7-14(16)17-10-20-11-24-17)21-18(22)8-12-4-2-3-5-15(12)19/h2-7,9-11H,8,19H2,1H3,(H,21,22). The summed E-state index contributed by atoms with van der Waals surface area (Å²) in [5, 5.41) is 2.84. The summed E-state index contributed by atoms with van der Waals surface area (Å²) in [6, 6.07) is 12.6. The van der Waals surface area contributed by atoms with Gasteiger partial charge in [-0.3, -0.25) is 4.79 Å². The summed E-state index contributed by atoms with van der Waals surface area (Å²) >= 11 is 0. The molecular weight excluding hydrogens is 306 g/mol. The zero-order chi connectivity index (χ0) is 16.9. The van der Waals surface area contributed by atoms with Crippen LogP contribution >= 0.6 is 0 Å². The number of hydrogen-bond donors (Lipinski definition) is 2. The fourth-order valence-corrected chi connectivity index (χ4v) is 2.39. The first-order valence-electron chi connectivity index (χ1n) is 7.37. The van der Waals surface area contributed by atoms with E-state index in [0.29, 0.717) is 22.9 Å². The van der Waals surface area contributed by atoms with Crippen molar-refractivity contribution in [1.82, 2.24) is 4.98 Å². The summed E-state index contributed by atoms with van der Waals surface area (Å²) in [5.41, 5.74) is 8.66. The molecule has 0 bridgehead atoms. The molecule has 1 heterocycles. The summed E-state index contributed by atoms with van der Waals surface area (Å²) in [4.78, 5) is 16.1. The molecular formula is C18H17N3O3. The molecule has 0 saturated carbocycles. The van der Waals surface area contributed by atoms with Gasteiger partial charge < -0.3 is 20.2 Å². The van der Waals surface area contributed by atoms with E-state index in [0.717, 1.165) is 11.1 Å². The maximum absolute atomic E-state index is 12.2. The molecule has 3 aromatic rings. The molecule has 0 spiro atoms. The van der Waals surface area contributed by atoms with Crippen molar-refractivity contribution >= 4 is 17.3 Å². The number of aromatic nitrogens is 1. The number of nitrogens with one attached hydrogen (secondary N) is 1. The maximum Gasteiger partial charge on any atom is 0.228 e. The van der Waals surface area contributed by atoms with E-state index in [9.17, 15) is 4.79 Å². The molecule has 0 aliphatic heterocycles. The van der Waals surface area contributed by atoms with Crippen LogP contribution in [0.15, 0.2) is 59.5 Å². The Morgan fingerprint density at radius 3 is 2.83 bits per heavy atom. The third-order valence-corrected chi connectivity index (χ3v) is 3.59. The van der Waals surface area contributed by atoms with Crippen molar-refractivity contribution in [2.75, 3.05) is 18.2 Å². The van der Waals surface area contributed by atoms with Gasteiger partial charge in [-0.1, -0.05) is 18.2 Å². The normalized spacial score (nSPS) is 10.4. The molecule has 0 radical (unpaired) electrons. The maximum atomic E-state index is 12.2. The number of oxazole rings is 1. The van der Waals surface area contributed by atoms with Gasteiger partial charge in [0.05, 0.1) is 25.3 Å². The van der Waals surface area contributed by atoms with Gasteiger partial charge >= 0.3 is 0 Å². The molecule has 24 heavy (non-hydrogen) atoms. The fraction of sp³-hybridized carbons (Fsp3) is 0.111. The largest absolute Gasteiger partial charge is 0.496 e. The Kier molecular flexibility index (Phi) is 4.47. The minimum atomic E-state index is -0.151. The van der Waals surface area contributed by atoms with Crippen LogP contribution in [0.5, 0.6) is 5.75 Å². The highest BCUT2D eigenvalue weighted by Crippen LogP contribution is 2.32. The van der Waals surface area contributed by atoms with E-state index in [4.69, 9.17) is 14.9 Å². The molecule has 2 aromatic carbocycles. The molecule has 0 fully saturated rings. The number of carbonyl (C=O) groups is 1. The highest BCUT2D eigenvalue weighted by Gasteiger charge is 2.12. The van der Waals surface area contributed by atoms with E-state index < -0.39 is 0 Å². The number of benzene rings is 2. The van der Waals surface area contributed by atoms with Crippen LogP contribution in [0, 0.1) is 0 Å². The highest BCUT2D eigenvalue weighted by atomic mass is 16.5. The van der Waals surface area contributed by atoms with Gasteiger partial charge in [0.15, 0.2) is 12.2 Å². The molecule has 0 unspecified atom stereocenters. The first-order chi connectivity index (χ1) is 11.7. The van der Waals surface area contributed by atoms with Crippen molar-refractivity contribution in [3.63, 3.8) is 0 Å². The lowest BCUT2D eigenvalue weighted by molar-refractivity contribution is -0.115. The first kappa shape index (κ1) is 15.6. The van der Waals surface area contributed by atoms with Crippen LogP contribution in [-0.2, 0) is 11.2 Å². The third-order valence-electron chi connectivity index (χ3n) is 3.59. The molecule has 122 valence electrons. The number of anilines is 2. The van der Waals surface area contributed by atoms with Gasteiger partial charge in [-0.25, -0.2) is 4.98 Å². The molecule has 6 heteroatoms. The van der Waals surface area contributed by atoms with Crippen molar-refractivity contribution in [1.29, 1.82) is 0 Å². The SMILES string of the molecule is COc1cc(NC(=O)Cc2ccccc2N)ccc1-c1cnco1. The predicted octanol–water partition coefficient (Wildman–Crippen LogP) is 3.11. The van der Waals surface area contributed by atoms with Crippen molar-refractivity contribution in [3.8, 4) is 17.1 Å². The monoisotopic (exact) mass is 323 g/mol. The van der Waals surface area contributed by atoms with Crippen LogP contribution in [0.25, 0.3) is 11.3 Å². The van der Waals surface area contributed by atoms with E-state index in [2.05, 4.69) is 10.3 Å². The smallest absolute Gasteiger partial charge is 0.228 e. The fourth-order valence-electron chi connectivity index (χ4n) is 2.39. The lowest BCUT2D eigenvalue weighted by Gasteiger charge is -2.11. The second-order valence-corrected chi connectivity index (χ2v) is 5.20. The Labute approximate surface area is 139 Å². The predicted molar refractivity (Wildman–Crippen MR) is 91.7 cm³/mol. The Morgan fingerprint density at radius 1 is 1.29 bits per heavy atom. The topological polar surface area (TPSA) is 90.4 Å². The van der Waals surface area contributed by atoms with Gasteiger partial charge in [-0.2, -0.15) is 0 Å². The molecule has 1 amide bonds. The molecule has 1 aromatic heterocycles. The van der Waals surface area contributed by atoms with Crippen molar-refractivity contribution in [2.24, 2.45) is 0 Å². The average molecular weight is 323 g/mol. The Morgan fingerprint density at radius 2 is 2.12 bits per heavy atom. The van der Waals surface area contributed by atoms with E-state index in [1.165, 1.54) is 6.39 Å². The number of nitrogen functional groups attached to an aromatic ring is 1. The van der Waals surface area contributed by atoms with E-state index in [-0.39, 0.29) is 12.3 Å².